The van der Waals surface area contributed by atoms with E-state index in [0.29, 0.717) is 12.1 Å². The van der Waals surface area contributed by atoms with Crippen molar-refractivity contribution in [2.45, 2.75) is 44.3 Å². The maximum absolute atomic E-state index is 12.1. The fraction of sp³-hybridized carbons (Fsp3) is 0.667. The Morgan fingerprint density at radius 2 is 2.47 bits per heavy atom. The lowest BCUT2D eigenvalue weighted by Gasteiger charge is -2.21. The van der Waals surface area contributed by atoms with Crippen LogP contribution in [0.5, 0.6) is 0 Å². The second-order valence-corrected chi connectivity index (χ2v) is 5.09. The normalized spacial score (nSPS) is 32.6. The van der Waals surface area contributed by atoms with Crippen molar-refractivity contribution in [2.24, 2.45) is 5.92 Å². The van der Waals surface area contributed by atoms with Crippen LogP contribution >= 0.6 is 0 Å². The Morgan fingerprint density at radius 1 is 1.59 bits per heavy atom. The van der Waals surface area contributed by atoms with Gasteiger partial charge < -0.3 is 15.6 Å². The third-order valence-corrected chi connectivity index (χ3v) is 3.93. The molecule has 3 N–H and O–H groups in total. The van der Waals surface area contributed by atoms with Gasteiger partial charge in [0, 0.05) is 24.5 Å². The monoisotopic (exact) mass is 234 g/mol. The third kappa shape index (κ3) is 1.95. The Morgan fingerprint density at radius 3 is 3.06 bits per heavy atom. The maximum atomic E-state index is 12.1. The zero-order valence-electron chi connectivity index (χ0n) is 9.94. The van der Waals surface area contributed by atoms with Crippen LogP contribution in [0.3, 0.4) is 0 Å². The molecule has 92 valence electrons. The van der Waals surface area contributed by atoms with E-state index in [1.165, 1.54) is 6.42 Å². The summed E-state index contributed by atoms with van der Waals surface area (Å²) in [7, 11) is 0. The van der Waals surface area contributed by atoms with Crippen LogP contribution < -0.4 is 10.6 Å². The minimum absolute atomic E-state index is 0.0448. The summed E-state index contributed by atoms with van der Waals surface area (Å²) in [5.41, 5.74) is 0. The number of rotatable bonds is 3. The van der Waals surface area contributed by atoms with Crippen molar-refractivity contribution >= 4 is 5.91 Å². The fourth-order valence-electron chi connectivity index (χ4n) is 3.02. The molecule has 4 unspecified atom stereocenters. The molecule has 0 saturated carbocycles. The first-order valence-corrected chi connectivity index (χ1v) is 6.29. The van der Waals surface area contributed by atoms with E-state index in [4.69, 9.17) is 0 Å². The molecule has 2 fully saturated rings. The zero-order chi connectivity index (χ0) is 11.8. The number of nitrogens with zero attached hydrogens (tertiary/aromatic N) is 1. The summed E-state index contributed by atoms with van der Waals surface area (Å²) in [6, 6.07) is 0.912. The summed E-state index contributed by atoms with van der Waals surface area (Å²) in [4.78, 5) is 19.3. The average Bonchev–Trinajstić information content (AvgIpc) is 3.05. The van der Waals surface area contributed by atoms with Gasteiger partial charge in [0.15, 0.2) is 0 Å². The Bertz CT molecular complexity index is 403. The molecule has 17 heavy (non-hydrogen) atoms. The number of nitrogens with one attached hydrogen (secondary N) is 3. The maximum Gasteiger partial charge on any atom is 0.225 e. The van der Waals surface area contributed by atoms with Gasteiger partial charge in [-0.15, -0.1) is 0 Å². The highest BCUT2D eigenvalue weighted by Gasteiger charge is 2.42. The number of H-pyrrole nitrogens is 1. The second-order valence-electron chi connectivity index (χ2n) is 5.09. The number of carbonyl (C=O) groups excluding carboxylic acids is 1. The van der Waals surface area contributed by atoms with Crippen molar-refractivity contribution in [1.82, 2.24) is 20.6 Å². The molecule has 2 bridgehead atoms. The molecule has 0 spiro atoms. The molecule has 2 aliphatic heterocycles. The van der Waals surface area contributed by atoms with E-state index in [1.807, 2.05) is 6.92 Å². The van der Waals surface area contributed by atoms with Gasteiger partial charge in [-0.05, 0) is 26.2 Å². The Labute approximate surface area is 100 Å². The van der Waals surface area contributed by atoms with Crippen LogP contribution in [-0.4, -0.2) is 28.0 Å². The predicted molar refractivity (Wildman–Crippen MR) is 63.2 cm³/mol. The largest absolute Gasteiger partial charge is 0.347 e. The van der Waals surface area contributed by atoms with Crippen LogP contribution in [-0.2, 0) is 4.79 Å². The number of hydrogen-bond donors (Lipinski definition) is 3. The molecular formula is C12H18N4O. The highest BCUT2D eigenvalue weighted by atomic mass is 16.2. The highest BCUT2D eigenvalue weighted by Crippen LogP contribution is 2.33. The summed E-state index contributed by atoms with van der Waals surface area (Å²) in [5.74, 6) is 1.12. The first-order chi connectivity index (χ1) is 8.24. The molecular weight excluding hydrogens is 216 g/mol. The topological polar surface area (TPSA) is 69.8 Å². The van der Waals surface area contributed by atoms with Crippen LogP contribution in [0.1, 0.15) is 38.1 Å². The Hall–Kier alpha value is -1.36. The first-order valence-electron chi connectivity index (χ1n) is 6.29. The molecule has 1 amide bonds. The minimum atomic E-state index is -0.0448. The van der Waals surface area contributed by atoms with Gasteiger partial charge in [-0.2, -0.15) is 0 Å². The van der Waals surface area contributed by atoms with E-state index >= 15 is 0 Å². The van der Waals surface area contributed by atoms with Gasteiger partial charge in [-0.3, -0.25) is 4.79 Å². The van der Waals surface area contributed by atoms with Crippen LogP contribution in [0.15, 0.2) is 12.4 Å². The van der Waals surface area contributed by atoms with Crippen molar-refractivity contribution < 1.29 is 4.79 Å². The van der Waals surface area contributed by atoms with E-state index < -0.39 is 0 Å². The van der Waals surface area contributed by atoms with E-state index in [9.17, 15) is 4.79 Å². The van der Waals surface area contributed by atoms with E-state index in [1.54, 1.807) is 12.4 Å². The lowest BCUT2D eigenvalue weighted by molar-refractivity contribution is -0.126. The number of fused-ring (bicyclic) bond motifs is 2. The van der Waals surface area contributed by atoms with Crippen LogP contribution in [0.25, 0.3) is 0 Å². The SMILES string of the molecule is CC(NC(=O)C1CC2CCC1N2)c1ncc[nH]1. The number of hydrogen-bond acceptors (Lipinski definition) is 3. The van der Waals surface area contributed by atoms with Gasteiger partial charge in [0.2, 0.25) is 5.91 Å². The second kappa shape index (κ2) is 4.14. The molecule has 5 nitrogen and oxygen atoms in total. The van der Waals surface area contributed by atoms with Crippen molar-refractivity contribution in [1.29, 1.82) is 0 Å². The molecule has 1 aromatic rings. The van der Waals surface area contributed by atoms with E-state index in [0.717, 1.165) is 18.7 Å². The Balaban J connectivity index is 1.60. The Kier molecular flexibility index (Phi) is 2.63. The minimum Gasteiger partial charge on any atom is -0.347 e. The standard InChI is InChI=1S/C12H18N4O/c1-7(11-13-4-5-14-11)15-12(17)9-6-8-2-3-10(9)16-8/h4-5,7-10,16H,2-3,6H2,1H3,(H,13,14)(H,15,17). The molecule has 0 aliphatic carbocycles. The van der Waals surface area contributed by atoms with Crippen molar-refractivity contribution in [3.05, 3.63) is 18.2 Å². The number of imidazole rings is 1. The summed E-state index contributed by atoms with van der Waals surface area (Å²) >= 11 is 0. The molecule has 4 atom stereocenters. The number of aromatic amines is 1. The molecule has 2 saturated heterocycles. The summed E-state index contributed by atoms with van der Waals surface area (Å²) in [6.07, 6.45) is 6.83. The van der Waals surface area contributed by atoms with Crippen molar-refractivity contribution in [3.63, 3.8) is 0 Å². The molecule has 0 radical (unpaired) electrons. The molecule has 3 heterocycles. The number of amides is 1. The lowest BCUT2D eigenvalue weighted by atomic mass is 9.88. The molecule has 2 aliphatic rings. The van der Waals surface area contributed by atoms with E-state index in [2.05, 4.69) is 20.6 Å². The molecule has 1 aromatic heterocycles. The van der Waals surface area contributed by atoms with Crippen LogP contribution in [0.4, 0.5) is 0 Å². The highest BCUT2D eigenvalue weighted by molar-refractivity contribution is 5.80. The third-order valence-electron chi connectivity index (χ3n) is 3.93. The van der Waals surface area contributed by atoms with Gasteiger partial charge in [0.1, 0.15) is 5.82 Å². The lowest BCUT2D eigenvalue weighted by Crippen LogP contribution is -2.38. The summed E-state index contributed by atoms with van der Waals surface area (Å²) in [5, 5.41) is 6.52. The smallest absolute Gasteiger partial charge is 0.225 e. The van der Waals surface area contributed by atoms with Gasteiger partial charge in [-0.25, -0.2) is 4.98 Å². The zero-order valence-corrected chi connectivity index (χ0v) is 9.94. The molecule has 5 heteroatoms. The van der Waals surface area contributed by atoms with Crippen LogP contribution in [0, 0.1) is 5.92 Å². The van der Waals surface area contributed by atoms with Crippen molar-refractivity contribution in [3.8, 4) is 0 Å². The molecule has 0 aromatic carbocycles. The van der Waals surface area contributed by atoms with E-state index in [-0.39, 0.29) is 17.9 Å². The fourth-order valence-corrected chi connectivity index (χ4v) is 3.02. The molecule has 3 rings (SSSR count). The average molecular weight is 234 g/mol. The first kappa shape index (κ1) is 10.8. The van der Waals surface area contributed by atoms with Crippen molar-refractivity contribution in [2.75, 3.05) is 0 Å². The number of carbonyl (C=O) groups is 1. The van der Waals surface area contributed by atoms with Gasteiger partial charge >= 0.3 is 0 Å². The van der Waals surface area contributed by atoms with Gasteiger partial charge in [0.25, 0.3) is 0 Å². The van der Waals surface area contributed by atoms with Crippen LogP contribution in [0.2, 0.25) is 0 Å². The summed E-state index contributed by atoms with van der Waals surface area (Å²) < 4.78 is 0. The number of aromatic nitrogens is 2. The quantitative estimate of drug-likeness (QED) is 0.722. The van der Waals surface area contributed by atoms with Gasteiger partial charge in [-0.1, -0.05) is 0 Å². The predicted octanol–water partition coefficient (Wildman–Crippen LogP) is 0.727. The summed E-state index contributed by atoms with van der Waals surface area (Å²) in [6.45, 7) is 1.96. The van der Waals surface area contributed by atoms with Gasteiger partial charge in [0.05, 0.1) is 12.0 Å².